The molecule has 0 aliphatic heterocycles. The van der Waals surface area contributed by atoms with Gasteiger partial charge in [0.1, 0.15) is 0 Å². The summed E-state index contributed by atoms with van der Waals surface area (Å²) < 4.78 is 29.0. The third kappa shape index (κ3) is 4.60. The fourth-order valence-electron chi connectivity index (χ4n) is 2.15. The molecular formula is C17H19I2NO2S. The largest absolute Gasteiger partial charge is 0.265 e. The second kappa shape index (κ2) is 7.69. The number of alkyl halides is 1. The Hall–Kier alpha value is -0.350. The maximum atomic E-state index is 13.1. The molecule has 2 rings (SSSR count). The molecule has 124 valence electrons. The summed E-state index contributed by atoms with van der Waals surface area (Å²) >= 11 is 4.50. The van der Waals surface area contributed by atoms with Gasteiger partial charge in [0.2, 0.25) is 0 Å². The highest BCUT2D eigenvalue weighted by atomic mass is 127. The molecule has 0 radical (unpaired) electrons. The maximum Gasteiger partial charge on any atom is 0.264 e. The summed E-state index contributed by atoms with van der Waals surface area (Å²) in [5.74, 6) is 0. The minimum absolute atomic E-state index is 0.201. The van der Waals surface area contributed by atoms with Gasteiger partial charge in [0.25, 0.3) is 10.0 Å². The Morgan fingerprint density at radius 3 is 2.22 bits per heavy atom. The molecule has 0 aliphatic carbocycles. The molecule has 6 heteroatoms. The van der Waals surface area contributed by atoms with Crippen molar-refractivity contribution in [3.63, 3.8) is 0 Å². The molecule has 0 heterocycles. The first-order valence-electron chi connectivity index (χ1n) is 7.21. The smallest absolute Gasteiger partial charge is 0.264 e. The summed E-state index contributed by atoms with van der Waals surface area (Å²) in [7, 11) is -3.57. The minimum Gasteiger partial charge on any atom is -0.265 e. The summed E-state index contributed by atoms with van der Waals surface area (Å²) in [5.41, 5.74) is 2.90. The molecule has 0 N–H and O–H groups in total. The lowest BCUT2D eigenvalue weighted by Crippen LogP contribution is -2.35. The van der Waals surface area contributed by atoms with Gasteiger partial charge in [-0.2, -0.15) is 0 Å². The number of hydrogen-bond acceptors (Lipinski definition) is 2. The van der Waals surface area contributed by atoms with Crippen molar-refractivity contribution in [3.8, 4) is 0 Å². The summed E-state index contributed by atoms with van der Waals surface area (Å²) in [4.78, 5) is 0.329. The molecule has 3 nitrogen and oxygen atoms in total. The summed E-state index contributed by atoms with van der Waals surface area (Å²) in [5, 5.41) is 0. The van der Waals surface area contributed by atoms with Crippen LogP contribution in [0.25, 0.3) is 0 Å². The highest BCUT2D eigenvalue weighted by molar-refractivity contribution is 14.1. The lowest BCUT2D eigenvalue weighted by Gasteiger charge is -2.26. The Balaban J connectivity index is 2.52. The second-order valence-electron chi connectivity index (χ2n) is 5.56. The molecule has 1 atom stereocenters. The zero-order valence-electron chi connectivity index (χ0n) is 13.3. The van der Waals surface area contributed by atoms with Crippen LogP contribution in [0.4, 0.5) is 5.69 Å². The quantitative estimate of drug-likeness (QED) is 0.388. The van der Waals surface area contributed by atoms with E-state index in [0.717, 1.165) is 14.7 Å². The maximum absolute atomic E-state index is 13.1. The normalized spacial score (nSPS) is 12.9. The number of halogens is 2. The molecule has 0 spiro atoms. The van der Waals surface area contributed by atoms with Crippen LogP contribution in [0, 0.1) is 17.4 Å². The first-order chi connectivity index (χ1) is 10.7. The molecule has 0 amide bonds. The minimum atomic E-state index is -3.57. The number of nitrogens with zero attached hydrogens (tertiary/aromatic N) is 1. The fraction of sp³-hybridized carbons (Fsp3) is 0.294. The second-order valence-corrected chi connectivity index (χ2v) is 10.7. The van der Waals surface area contributed by atoms with Crippen molar-refractivity contribution in [2.75, 3.05) is 10.8 Å². The average molecular weight is 555 g/mol. The van der Waals surface area contributed by atoms with E-state index in [1.54, 1.807) is 12.1 Å². The van der Waals surface area contributed by atoms with E-state index < -0.39 is 10.0 Å². The zero-order chi connectivity index (χ0) is 17.2. The van der Waals surface area contributed by atoms with Gasteiger partial charge in [-0.1, -0.05) is 53.3 Å². The molecule has 0 aromatic heterocycles. The molecule has 0 bridgehead atoms. The fourth-order valence-corrected chi connectivity index (χ4v) is 4.85. The van der Waals surface area contributed by atoms with Crippen molar-refractivity contribution >= 4 is 60.9 Å². The van der Waals surface area contributed by atoms with E-state index in [4.69, 9.17) is 0 Å². The lowest BCUT2D eigenvalue weighted by atomic mass is 10.2. The average Bonchev–Trinajstić information content (AvgIpc) is 2.48. The lowest BCUT2D eigenvalue weighted by molar-refractivity contribution is 0.590. The summed E-state index contributed by atoms with van der Waals surface area (Å²) in [6.07, 6.45) is 0. The van der Waals surface area contributed by atoms with E-state index in [1.807, 2.05) is 51.1 Å². The van der Waals surface area contributed by atoms with Crippen molar-refractivity contribution in [3.05, 3.63) is 57.2 Å². The number of anilines is 1. The van der Waals surface area contributed by atoms with Crippen molar-refractivity contribution in [1.29, 1.82) is 0 Å². The predicted octanol–water partition coefficient (Wildman–Crippen LogP) is 4.93. The van der Waals surface area contributed by atoms with Gasteiger partial charge in [-0.25, -0.2) is 8.42 Å². The number of sulfonamides is 1. The van der Waals surface area contributed by atoms with Crippen LogP contribution in [0.3, 0.4) is 0 Å². The predicted molar refractivity (Wildman–Crippen MR) is 113 cm³/mol. The number of aryl methyl sites for hydroxylation is 2. The Labute approximate surface area is 165 Å². The third-order valence-corrected chi connectivity index (χ3v) is 6.83. The van der Waals surface area contributed by atoms with Gasteiger partial charge in [0.15, 0.2) is 0 Å². The SMILES string of the molecule is Cc1ccc(S(=O)(=O)N(C[C@@H](C)I)c2ccc(C)c(I)c2)cc1. The van der Waals surface area contributed by atoms with Gasteiger partial charge in [0, 0.05) is 14.0 Å². The van der Waals surface area contributed by atoms with Gasteiger partial charge in [0.05, 0.1) is 10.6 Å². The molecule has 0 saturated heterocycles. The van der Waals surface area contributed by atoms with Crippen LogP contribution in [0.15, 0.2) is 47.4 Å². The molecule has 0 saturated carbocycles. The van der Waals surface area contributed by atoms with Gasteiger partial charge >= 0.3 is 0 Å². The molecule has 23 heavy (non-hydrogen) atoms. The number of rotatable bonds is 5. The Morgan fingerprint density at radius 1 is 1.09 bits per heavy atom. The van der Waals surface area contributed by atoms with Crippen LogP contribution in [0.2, 0.25) is 0 Å². The van der Waals surface area contributed by atoms with Crippen molar-refractivity contribution in [2.24, 2.45) is 0 Å². The van der Waals surface area contributed by atoms with Gasteiger partial charge < -0.3 is 0 Å². The third-order valence-electron chi connectivity index (χ3n) is 3.47. The molecule has 2 aromatic carbocycles. The first-order valence-corrected chi connectivity index (χ1v) is 11.0. The summed E-state index contributed by atoms with van der Waals surface area (Å²) in [6, 6.07) is 12.8. The number of hydrogen-bond donors (Lipinski definition) is 0. The molecule has 0 unspecified atom stereocenters. The molecule has 0 fully saturated rings. The first kappa shape index (κ1) is 19.0. The standard InChI is InChI=1S/C17H19I2NO2S/c1-12-4-8-16(9-5-12)23(21,22)20(11-14(3)18)15-7-6-13(2)17(19)10-15/h4-10,14H,11H2,1-3H3/t14-/m1/s1. The summed E-state index contributed by atoms with van der Waals surface area (Å²) in [6.45, 7) is 6.42. The van der Waals surface area contributed by atoms with Crippen LogP contribution in [0.5, 0.6) is 0 Å². The van der Waals surface area contributed by atoms with Crippen molar-refractivity contribution < 1.29 is 8.42 Å². The Morgan fingerprint density at radius 2 is 1.70 bits per heavy atom. The van der Waals surface area contributed by atoms with Gasteiger partial charge in [-0.3, -0.25) is 4.31 Å². The van der Waals surface area contributed by atoms with Crippen LogP contribution in [-0.4, -0.2) is 18.9 Å². The van der Waals surface area contributed by atoms with Crippen LogP contribution >= 0.6 is 45.2 Å². The van der Waals surface area contributed by atoms with E-state index in [2.05, 4.69) is 45.2 Å². The van der Waals surface area contributed by atoms with E-state index in [0.29, 0.717) is 17.1 Å². The number of benzene rings is 2. The highest BCUT2D eigenvalue weighted by Gasteiger charge is 2.26. The van der Waals surface area contributed by atoms with Crippen molar-refractivity contribution in [1.82, 2.24) is 0 Å². The van der Waals surface area contributed by atoms with Crippen LogP contribution in [0.1, 0.15) is 18.1 Å². The topological polar surface area (TPSA) is 37.4 Å². The molecule has 0 aliphatic rings. The Bertz CT molecular complexity index is 787. The molecular weight excluding hydrogens is 536 g/mol. The zero-order valence-corrected chi connectivity index (χ0v) is 18.4. The van der Waals surface area contributed by atoms with Gasteiger partial charge in [-0.15, -0.1) is 0 Å². The Kier molecular flexibility index (Phi) is 6.35. The van der Waals surface area contributed by atoms with Crippen molar-refractivity contribution in [2.45, 2.75) is 29.6 Å². The molecule has 2 aromatic rings. The highest BCUT2D eigenvalue weighted by Crippen LogP contribution is 2.28. The van der Waals surface area contributed by atoms with E-state index in [9.17, 15) is 8.42 Å². The van der Waals surface area contributed by atoms with Crippen LogP contribution in [-0.2, 0) is 10.0 Å². The van der Waals surface area contributed by atoms with E-state index in [-0.39, 0.29) is 3.92 Å². The monoisotopic (exact) mass is 555 g/mol. The van der Waals surface area contributed by atoms with Crippen LogP contribution < -0.4 is 4.31 Å². The van der Waals surface area contributed by atoms with Gasteiger partial charge in [-0.05, 0) is 66.3 Å². The van der Waals surface area contributed by atoms with E-state index in [1.165, 1.54) is 4.31 Å². The van der Waals surface area contributed by atoms with E-state index >= 15 is 0 Å².